The lowest BCUT2D eigenvalue weighted by Gasteiger charge is -2.25. The van der Waals surface area contributed by atoms with Gasteiger partial charge in [-0.25, -0.2) is 0 Å². The van der Waals surface area contributed by atoms with Gasteiger partial charge in [-0.15, -0.1) is 10.2 Å². The van der Waals surface area contributed by atoms with E-state index in [2.05, 4.69) is 10.2 Å². The summed E-state index contributed by atoms with van der Waals surface area (Å²) in [6, 6.07) is -4.12. The first-order valence-corrected chi connectivity index (χ1v) is 4.19. The SMILES string of the molecule is FC1(F)CC(F)(F)C(F)(F)Cc2nncn21. The van der Waals surface area contributed by atoms with E-state index in [0.29, 0.717) is 6.33 Å². The zero-order valence-corrected chi connectivity index (χ0v) is 7.60. The fourth-order valence-corrected chi connectivity index (χ4v) is 1.46. The molecule has 1 aliphatic heterocycles. The lowest BCUT2D eigenvalue weighted by molar-refractivity contribution is -0.244. The molecule has 90 valence electrons. The van der Waals surface area contributed by atoms with Crippen LogP contribution in [0.1, 0.15) is 12.2 Å². The van der Waals surface area contributed by atoms with Gasteiger partial charge in [-0.2, -0.15) is 26.3 Å². The van der Waals surface area contributed by atoms with Gasteiger partial charge in [-0.05, 0) is 0 Å². The van der Waals surface area contributed by atoms with Gasteiger partial charge in [0.15, 0.2) is 0 Å². The number of fused-ring (bicyclic) bond motifs is 1. The van der Waals surface area contributed by atoms with Gasteiger partial charge in [0.25, 0.3) is 0 Å². The predicted molar refractivity (Wildman–Crippen MR) is 38.4 cm³/mol. The molecular weight excluding hydrogens is 240 g/mol. The summed E-state index contributed by atoms with van der Waals surface area (Å²) in [5, 5.41) is 6.00. The van der Waals surface area contributed by atoms with Gasteiger partial charge in [0.05, 0.1) is 6.42 Å². The third-order valence-corrected chi connectivity index (χ3v) is 2.32. The van der Waals surface area contributed by atoms with Gasteiger partial charge in [-0.3, -0.25) is 4.57 Å². The molecule has 0 radical (unpaired) electrons. The van der Waals surface area contributed by atoms with Crippen LogP contribution in [0.4, 0.5) is 26.3 Å². The molecule has 3 nitrogen and oxygen atoms in total. The van der Waals surface area contributed by atoms with Crippen LogP contribution in [0, 0.1) is 0 Å². The van der Waals surface area contributed by atoms with Crippen molar-refractivity contribution in [3.8, 4) is 0 Å². The number of rotatable bonds is 0. The molecule has 0 atom stereocenters. The van der Waals surface area contributed by atoms with Crippen molar-refractivity contribution in [2.45, 2.75) is 30.7 Å². The fraction of sp³-hybridized carbons (Fsp3) is 0.714. The highest BCUT2D eigenvalue weighted by molar-refractivity contribution is 5.04. The zero-order valence-electron chi connectivity index (χ0n) is 7.60. The first-order chi connectivity index (χ1) is 7.16. The van der Waals surface area contributed by atoms with E-state index < -0.39 is 36.6 Å². The van der Waals surface area contributed by atoms with Crippen molar-refractivity contribution in [2.75, 3.05) is 0 Å². The minimum atomic E-state index is -4.78. The van der Waals surface area contributed by atoms with Crippen molar-refractivity contribution in [3.05, 3.63) is 12.2 Å². The summed E-state index contributed by atoms with van der Waals surface area (Å²) in [4.78, 5) is 0. The summed E-state index contributed by atoms with van der Waals surface area (Å²) >= 11 is 0. The van der Waals surface area contributed by atoms with Crippen molar-refractivity contribution < 1.29 is 26.3 Å². The lowest BCUT2D eigenvalue weighted by Crippen LogP contribution is -2.43. The first kappa shape index (κ1) is 11.2. The lowest BCUT2D eigenvalue weighted by atomic mass is 10.1. The summed E-state index contributed by atoms with van der Waals surface area (Å²) in [6.07, 6.45) is -3.36. The van der Waals surface area contributed by atoms with E-state index in [4.69, 9.17) is 0 Å². The third-order valence-electron chi connectivity index (χ3n) is 2.32. The van der Waals surface area contributed by atoms with Gasteiger partial charge < -0.3 is 0 Å². The molecule has 0 spiro atoms. The van der Waals surface area contributed by atoms with Crippen LogP contribution < -0.4 is 0 Å². The number of alkyl halides is 6. The van der Waals surface area contributed by atoms with Crippen molar-refractivity contribution >= 4 is 0 Å². The Morgan fingerprint density at radius 2 is 1.69 bits per heavy atom. The smallest absolute Gasteiger partial charge is 0.256 e. The van der Waals surface area contributed by atoms with Gasteiger partial charge in [0.1, 0.15) is 18.6 Å². The normalized spacial score (nSPS) is 25.9. The van der Waals surface area contributed by atoms with E-state index in [1.165, 1.54) is 0 Å². The van der Waals surface area contributed by atoms with Crippen LogP contribution in [-0.2, 0) is 12.5 Å². The molecule has 2 heterocycles. The molecule has 0 saturated heterocycles. The second kappa shape index (κ2) is 2.89. The molecule has 2 rings (SSSR count). The Bertz CT molecular complexity index is 412. The van der Waals surface area contributed by atoms with Crippen LogP contribution in [0.3, 0.4) is 0 Å². The molecule has 9 heteroatoms. The van der Waals surface area contributed by atoms with E-state index in [-0.39, 0.29) is 4.57 Å². The number of halogens is 6. The van der Waals surface area contributed by atoms with Crippen LogP contribution in [0.2, 0.25) is 0 Å². The molecule has 0 fully saturated rings. The molecule has 0 aliphatic carbocycles. The fourth-order valence-electron chi connectivity index (χ4n) is 1.46. The molecule has 0 aromatic carbocycles. The van der Waals surface area contributed by atoms with Crippen molar-refractivity contribution in [1.29, 1.82) is 0 Å². The molecule has 0 bridgehead atoms. The standard InChI is InChI=1S/C7H5F6N3/c8-5(9)1-4-15-14-3-16(4)7(12,13)2-6(5,10)11/h3H,1-2H2. The maximum Gasteiger partial charge on any atom is 0.337 e. The van der Waals surface area contributed by atoms with Gasteiger partial charge in [0, 0.05) is 0 Å². The highest BCUT2D eigenvalue weighted by Gasteiger charge is 2.64. The van der Waals surface area contributed by atoms with Crippen LogP contribution in [0.25, 0.3) is 0 Å². The predicted octanol–water partition coefficient (Wildman–Crippen LogP) is 2.04. The minimum Gasteiger partial charge on any atom is -0.256 e. The monoisotopic (exact) mass is 245 g/mol. The van der Waals surface area contributed by atoms with Gasteiger partial charge >= 0.3 is 17.9 Å². The number of aromatic nitrogens is 3. The Morgan fingerprint density at radius 3 is 2.31 bits per heavy atom. The number of hydrogen-bond donors (Lipinski definition) is 0. The maximum atomic E-state index is 13.2. The molecule has 0 amide bonds. The van der Waals surface area contributed by atoms with Crippen LogP contribution in [-0.4, -0.2) is 26.6 Å². The van der Waals surface area contributed by atoms with Crippen LogP contribution in [0.15, 0.2) is 6.33 Å². The average Bonchev–Trinajstić information content (AvgIpc) is 2.46. The second-order valence-corrected chi connectivity index (χ2v) is 3.55. The van der Waals surface area contributed by atoms with Crippen molar-refractivity contribution in [2.24, 2.45) is 0 Å². The van der Waals surface area contributed by atoms with Gasteiger partial charge in [-0.1, -0.05) is 0 Å². The Morgan fingerprint density at radius 1 is 1.06 bits per heavy atom. The Hall–Kier alpha value is -1.28. The quantitative estimate of drug-likeness (QED) is 0.655. The van der Waals surface area contributed by atoms with E-state index in [1.807, 2.05) is 0 Å². The van der Waals surface area contributed by atoms with Crippen LogP contribution >= 0.6 is 0 Å². The minimum absolute atomic E-state index is 0.0399. The van der Waals surface area contributed by atoms with Crippen LogP contribution in [0.5, 0.6) is 0 Å². The second-order valence-electron chi connectivity index (χ2n) is 3.55. The largest absolute Gasteiger partial charge is 0.337 e. The molecule has 0 saturated carbocycles. The Balaban J connectivity index is 2.54. The molecule has 16 heavy (non-hydrogen) atoms. The molecule has 1 aromatic rings. The van der Waals surface area contributed by atoms with E-state index in [1.54, 1.807) is 0 Å². The molecule has 1 aromatic heterocycles. The first-order valence-electron chi connectivity index (χ1n) is 4.19. The van der Waals surface area contributed by atoms with Gasteiger partial charge in [0.2, 0.25) is 0 Å². The van der Waals surface area contributed by atoms with E-state index in [9.17, 15) is 26.3 Å². The van der Waals surface area contributed by atoms with E-state index >= 15 is 0 Å². The Labute approximate surface area is 85.1 Å². The summed E-state index contributed by atoms with van der Waals surface area (Å²) in [6.45, 7) is 0. The third kappa shape index (κ3) is 1.45. The molecule has 0 N–H and O–H groups in total. The highest BCUT2D eigenvalue weighted by Crippen LogP contribution is 2.47. The van der Waals surface area contributed by atoms with Crippen molar-refractivity contribution in [1.82, 2.24) is 14.8 Å². The average molecular weight is 245 g/mol. The zero-order chi connectivity index (χ0) is 12.2. The summed E-state index contributed by atoms with van der Waals surface area (Å²) in [5.74, 6) is -10.2. The molecular formula is C7H5F6N3. The van der Waals surface area contributed by atoms with Crippen molar-refractivity contribution in [3.63, 3.8) is 0 Å². The summed E-state index contributed by atoms with van der Waals surface area (Å²) < 4.78 is 78.1. The van der Waals surface area contributed by atoms with E-state index in [0.717, 1.165) is 0 Å². The Kier molecular flexibility index (Phi) is 2.02. The maximum absolute atomic E-state index is 13.2. The number of nitrogens with zero attached hydrogens (tertiary/aromatic N) is 3. The molecule has 1 aliphatic rings. The molecule has 0 unspecified atom stereocenters. The summed E-state index contributed by atoms with van der Waals surface area (Å²) in [5.41, 5.74) is 0. The number of hydrogen-bond acceptors (Lipinski definition) is 2. The highest BCUT2D eigenvalue weighted by atomic mass is 19.3. The summed E-state index contributed by atoms with van der Waals surface area (Å²) in [7, 11) is 0. The topological polar surface area (TPSA) is 30.7 Å².